The summed E-state index contributed by atoms with van der Waals surface area (Å²) in [5.41, 5.74) is 2.23. The third kappa shape index (κ3) is 4.56. The molecule has 37 heavy (non-hydrogen) atoms. The van der Waals surface area contributed by atoms with E-state index in [0.717, 1.165) is 16.3 Å². The van der Waals surface area contributed by atoms with E-state index in [1.165, 1.54) is 17.0 Å². The van der Waals surface area contributed by atoms with Crippen LogP contribution in [0.1, 0.15) is 43.1 Å². The van der Waals surface area contributed by atoms with E-state index < -0.39 is 23.5 Å². The minimum Gasteiger partial charge on any atom is -0.323 e. The molecule has 0 unspecified atom stereocenters. The summed E-state index contributed by atoms with van der Waals surface area (Å²) < 4.78 is 15.3. The highest BCUT2D eigenvalue weighted by molar-refractivity contribution is 6.21. The van der Waals surface area contributed by atoms with Crippen LogP contribution in [0.15, 0.2) is 78.9 Å². The molecule has 5 rings (SSSR count). The Bertz CT molecular complexity index is 1570. The lowest BCUT2D eigenvalue weighted by Crippen LogP contribution is -2.26. The molecule has 0 aliphatic carbocycles. The summed E-state index contributed by atoms with van der Waals surface area (Å²) in [6.45, 7) is 6.02. The van der Waals surface area contributed by atoms with E-state index in [1.807, 2.05) is 63.2 Å². The van der Waals surface area contributed by atoms with Gasteiger partial charge in [0, 0.05) is 17.0 Å². The average Bonchev–Trinajstić information content (AvgIpc) is 2.99. The Morgan fingerprint density at radius 3 is 2.43 bits per heavy atom. The lowest BCUT2D eigenvalue weighted by molar-refractivity contribution is -0.124. The number of nitrogens with one attached hydrogen (secondary N) is 2. The molecule has 0 bridgehead atoms. The fraction of sp³-hybridized carbons (Fsp3) is 0.167. The molecule has 0 fully saturated rings. The topological polar surface area (TPSA) is 78.5 Å². The minimum atomic E-state index is -0.697. The van der Waals surface area contributed by atoms with Gasteiger partial charge >= 0.3 is 0 Å². The average molecular weight is 496 g/mol. The molecule has 1 aliphatic heterocycles. The van der Waals surface area contributed by atoms with Crippen LogP contribution < -0.4 is 15.5 Å². The number of anilines is 4. The van der Waals surface area contributed by atoms with Crippen molar-refractivity contribution < 1.29 is 18.8 Å². The molecular formula is C30H26FN3O3. The van der Waals surface area contributed by atoms with Crippen LogP contribution in [0.3, 0.4) is 0 Å². The molecule has 6 nitrogen and oxygen atoms in total. The van der Waals surface area contributed by atoms with Gasteiger partial charge in [-0.25, -0.2) is 4.39 Å². The molecule has 0 atom stereocenters. The first kappa shape index (κ1) is 24.2. The summed E-state index contributed by atoms with van der Waals surface area (Å²) in [7, 11) is 0. The predicted molar refractivity (Wildman–Crippen MR) is 144 cm³/mol. The number of rotatable bonds is 3. The Morgan fingerprint density at radius 2 is 1.68 bits per heavy atom. The second-order valence-corrected chi connectivity index (χ2v) is 10.0. The molecule has 2 N–H and O–H groups in total. The van der Waals surface area contributed by atoms with E-state index in [1.54, 1.807) is 24.3 Å². The van der Waals surface area contributed by atoms with Crippen LogP contribution >= 0.6 is 0 Å². The molecule has 4 aromatic carbocycles. The molecule has 0 aromatic heterocycles. The number of hydrogen-bond donors (Lipinski definition) is 2. The highest BCUT2D eigenvalue weighted by Gasteiger charge is 2.29. The van der Waals surface area contributed by atoms with Gasteiger partial charge in [-0.2, -0.15) is 0 Å². The number of carbonyl (C=O) groups is 3. The monoisotopic (exact) mass is 495 g/mol. The van der Waals surface area contributed by atoms with Crippen molar-refractivity contribution in [1.29, 1.82) is 0 Å². The number of nitrogens with zero attached hydrogens (tertiary/aromatic N) is 1. The van der Waals surface area contributed by atoms with Crippen molar-refractivity contribution in [3.8, 4) is 0 Å². The normalized spacial score (nSPS) is 13.7. The molecule has 1 heterocycles. The maximum atomic E-state index is 15.3. The fourth-order valence-electron chi connectivity index (χ4n) is 4.66. The van der Waals surface area contributed by atoms with Gasteiger partial charge in [0.15, 0.2) is 0 Å². The summed E-state index contributed by atoms with van der Waals surface area (Å²) in [5, 5.41) is 7.16. The largest absolute Gasteiger partial charge is 0.323 e. The quantitative estimate of drug-likeness (QED) is 0.317. The van der Waals surface area contributed by atoms with Gasteiger partial charge < -0.3 is 10.6 Å². The van der Waals surface area contributed by atoms with Crippen LogP contribution in [0.25, 0.3) is 10.8 Å². The molecule has 3 amide bonds. The molecular weight excluding hydrogens is 469 g/mol. The van der Waals surface area contributed by atoms with E-state index >= 15 is 4.39 Å². The summed E-state index contributed by atoms with van der Waals surface area (Å²) in [4.78, 5) is 39.9. The summed E-state index contributed by atoms with van der Waals surface area (Å²) in [6.07, 6.45) is -0.382. The van der Waals surface area contributed by atoms with E-state index in [2.05, 4.69) is 10.6 Å². The van der Waals surface area contributed by atoms with Crippen molar-refractivity contribution in [2.24, 2.45) is 0 Å². The zero-order valence-corrected chi connectivity index (χ0v) is 20.8. The third-order valence-electron chi connectivity index (χ3n) is 6.41. The Labute approximate surface area is 214 Å². The highest BCUT2D eigenvalue weighted by atomic mass is 19.1. The zero-order valence-electron chi connectivity index (χ0n) is 20.8. The van der Waals surface area contributed by atoms with Crippen LogP contribution in [0, 0.1) is 5.82 Å². The molecule has 4 aromatic rings. The lowest BCUT2D eigenvalue weighted by atomic mass is 9.83. The van der Waals surface area contributed by atoms with Crippen molar-refractivity contribution in [2.45, 2.75) is 32.6 Å². The van der Waals surface area contributed by atoms with Gasteiger partial charge in [-0.1, -0.05) is 69.3 Å². The molecule has 0 saturated heterocycles. The SMILES string of the molecule is CC(C)(C)c1ccccc1C(=O)Nc1ccc(N2C(=O)CC(=O)Nc3c2ccc2ccccc32)cc1F. The van der Waals surface area contributed by atoms with Crippen molar-refractivity contribution in [2.75, 3.05) is 15.5 Å². The van der Waals surface area contributed by atoms with Gasteiger partial charge in [0.25, 0.3) is 5.91 Å². The number of benzene rings is 4. The fourth-order valence-corrected chi connectivity index (χ4v) is 4.66. The van der Waals surface area contributed by atoms with Gasteiger partial charge in [-0.3, -0.25) is 19.3 Å². The Balaban J connectivity index is 1.51. The Kier molecular flexibility index (Phi) is 5.99. The Hall–Kier alpha value is -4.52. The van der Waals surface area contributed by atoms with Crippen LogP contribution in [0.4, 0.5) is 27.1 Å². The lowest BCUT2D eigenvalue weighted by Gasteiger charge is -2.24. The maximum absolute atomic E-state index is 15.3. The van der Waals surface area contributed by atoms with E-state index in [-0.39, 0.29) is 23.2 Å². The Morgan fingerprint density at radius 1 is 0.946 bits per heavy atom. The second kappa shape index (κ2) is 9.17. The number of hydrogen-bond acceptors (Lipinski definition) is 3. The maximum Gasteiger partial charge on any atom is 0.256 e. The van der Waals surface area contributed by atoms with Gasteiger partial charge in [-0.15, -0.1) is 0 Å². The van der Waals surface area contributed by atoms with Gasteiger partial charge in [0.2, 0.25) is 11.8 Å². The second-order valence-electron chi connectivity index (χ2n) is 10.0. The summed E-state index contributed by atoms with van der Waals surface area (Å²) >= 11 is 0. The van der Waals surface area contributed by atoms with Crippen LogP contribution in [0.5, 0.6) is 0 Å². The molecule has 0 spiro atoms. The molecule has 7 heteroatoms. The molecule has 186 valence electrons. The van der Waals surface area contributed by atoms with Gasteiger partial charge in [0.05, 0.1) is 22.7 Å². The van der Waals surface area contributed by atoms with Gasteiger partial charge in [-0.05, 0) is 40.6 Å². The van der Waals surface area contributed by atoms with Crippen molar-refractivity contribution in [3.05, 3.63) is 95.8 Å². The number of carbonyl (C=O) groups excluding carboxylic acids is 3. The standard InChI is InChI=1S/C30H26FN3O3/c1-30(2,3)22-11-7-6-10-21(22)29(37)32-24-14-13-19(16-23(24)31)34-25-15-12-18-8-4-5-9-20(18)28(25)33-26(35)17-27(34)36/h4-16H,17H2,1-3H3,(H,32,37)(H,33,35). The molecule has 0 radical (unpaired) electrons. The highest BCUT2D eigenvalue weighted by Crippen LogP contribution is 2.40. The van der Waals surface area contributed by atoms with Crippen molar-refractivity contribution in [1.82, 2.24) is 0 Å². The summed E-state index contributed by atoms with van der Waals surface area (Å²) in [5.74, 6) is -2.04. The van der Waals surface area contributed by atoms with Crippen LogP contribution in [-0.4, -0.2) is 17.7 Å². The number of fused-ring (bicyclic) bond motifs is 3. The van der Waals surface area contributed by atoms with E-state index in [0.29, 0.717) is 16.9 Å². The van der Waals surface area contributed by atoms with E-state index in [9.17, 15) is 14.4 Å². The first-order valence-corrected chi connectivity index (χ1v) is 12.0. The predicted octanol–water partition coefficient (Wildman–Crippen LogP) is 6.54. The minimum absolute atomic E-state index is 0.00679. The summed E-state index contributed by atoms with van der Waals surface area (Å²) in [6, 6.07) is 22.5. The van der Waals surface area contributed by atoms with Gasteiger partial charge in [0.1, 0.15) is 12.2 Å². The van der Waals surface area contributed by atoms with Crippen LogP contribution in [-0.2, 0) is 15.0 Å². The first-order chi connectivity index (χ1) is 17.6. The molecule has 0 saturated carbocycles. The number of amides is 3. The van der Waals surface area contributed by atoms with Crippen molar-refractivity contribution >= 4 is 51.2 Å². The molecule has 1 aliphatic rings. The van der Waals surface area contributed by atoms with Crippen molar-refractivity contribution in [3.63, 3.8) is 0 Å². The smallest absolute Gasteiger partial charge is 0.256 e. The van der Waals surface area contributed by atoms with E-state index in [4.69, 9.17) is 0 Å². The first-order valence-electron chi connectivity index (χ1n) is 12.0. The van der Waals surface area contributed by atoms with Crippen LogP contribution in [0.2, 0.25) is 0 Å². The zero-order chi connectivity index (χ0) is 26.3. The third-order valence-corrected chi connectivity index (χ3v) is 6.41. The number of halogens is 1.